The van der Waals surface area contributed by atoms with Crippen LogP contribution in [0.4, 0.5) is 11.5 Å². The lowest BCUT2D eigenvalue weighted by atomic mass is 9.88. The molecular weight excluding hydrogens is 504 g/mol. The molecule has 4 aliphatic rings. The van der Waals surface area contributed by atoms with Crippen molar-refractivity contribution in [2.75, 3.05) is 36.9 Å². The molecule has 10 heteroatoms. The van der Waals surface area contributed by atoms with Gasteiger partial charge in [-0.2, -0.15) is 10.2 Å². The van der Waals surface area contributed by atoms with Crippen LogP contribution in [0.3, 0.4) is 0 Å². The van der Waals surface area contributed by atoms with E-state index in [1.165, 1.54) is 25.6 Å². The van der Waals surface area contributed by atoms with Crippen LogP contribution in [0.2, 0.25) is 0 Å². The number of aromatic nitrogens is 5. The van der Waals surface area contributed by atoms with E-state index in [0.29, 0.717) is 11.9 Å². The summed E-state index contributed by atoms with van der Waals surface area (Å²) < 4.78 is 9.56. The number of carbonyl (C=O) groups excluding carboxylic acids is 1. The third-order valence-corrected chi connectivity index (χ3v) is 9.52. The van der Waals surface area contributed by atoms with E-state index in [1.54, 1.807) is 0 Å². The first-order valence-electron chi connectivity index (χ1n) is 14.6. The Labute approximate surface area is 232 Å². The second-order valence-corrected chi connectivity index (χ2v) is 11.7. The number of nitrogens with zero attached hydrogens (tertiary/aromatic N) is 7. The Hall–Kier alpha value is -3.76. The topological polar surface area (TPSA) is 107 Å². The average Bonchev–Trinajstić information content (AvgIpc) is 3.41. The van der Waals surface area contributed by atoms with Crippen molar-refractivity contribution >= 4 is 22.9 Å². The first kappa shape index (κ1) is 24.1. The molecule has 5 heterocycles. The maximum Gasteiger partial charge on any atom is 0.247 e. The molecule has 0 bridgehead atoms. The summed E-state index contributed by atoms with van der Waals surface area (Å²) in [4.78, 5) is 22.7. The molecule has 2 aliphatic heterocycles. The number of nitrogens with two attached hydrogens (primary N) is 1. The van der Waals surface area contributed by atoms with Gasteiger partial charge in [-0.15, -0.1) is 0 Å². The Morgan fingerprint density at radius 2 is 1.80 bits per heavy atom. The first-order valence-corrected chi connectivity index (χ1v) is 14.6. The number of piperazine rings is 1. The van der Waals surface area contributed by atoms with Crippen LogP contribution >= 0.6 is 0 Å². The first-order chi connectivity index (χ1) is 19.6. The molecule has 1 aromatic carbocycles. The molecule has 2 aliphatic carbocycles. The molecule has 2 saturated heterocycles. The molecule has 0 atom stereocenters. The Morgan fingerprint density at radius 1 is 0.950 bits per heavy atom. The molecule has 4 fully saturated rings. The zero-order valence-corrected chi connectivity index (χ0v) is 22.6. The predicted molar refractivity (Wildman–Crippen MR) is 152 cm³/mol. The highest BCUT2D eigenvalue weighted by Gasteiger charge is 2.60. The Morgan fingerprint density at radius 3 is 2.58 bits per heavy atom. The van der Waals surface area contributed by atoms with E-state index >= 15 is 0 Å². The van der Waals surface area contributed by atoms with Crippen molar-refractivity contribution < 1.29 is 9.53 Å². The highest BCUT2D eigenvalue weighted by atomic mass is 16.5. The molecule has 3 aromatic heterocycles. The number of benzene rings is 1. The molecule has 206 valence electrons. The Bertz CT molecular complexity index is 1590. The molecule has 1 spiro atoms. The normalized spacial score (nSPS) is 21.8. The number of amides is 1. The predicted octanol–water partition coefficient (Wildman–Crippen LogP) is 3.93. The molecule has 8 rings (SSSR count). The minimum Gasteiger partial charge on any atom is -0.382 e. The average molecular weight is 539 g/mol. The maximum absolute atomic E-state index is 13.8. The summed E-state index contributed by atoms with van der Waals surface area (Å²) in [6, 6.07) is 13.3. The van der Waals surface area contributed by atoms with Crippen LogP contribution in [0.1, 0.15) is 51.0 Å². The van der Waals surface area contributed by atoms with Crippen molar-refractivity contribution in [1.29, 1.82) is 0 Å². The SMILES string of the molecule is Nc1ncnn2c(-c3cccc(N4CCN(C5CCC5)C5(CC5)C4=O)c3)cc(-c3ccnn3C3CCOCC3)c12. The highest BCUT2D eigenvalue weighted by Crippen LogP contribution is 2.49. The summed E-state index contributed by atoms with van der Waals surface area (Å²) in [7, 11) is 0. The van der Waals surface area contributed by atoms with Crippen LogP contribution in [0.5, 0.6) is 0 Å². The van der Waals surface area contributed by atoms with Gasteiger partial charge in [0.1, 0.15) is 17.4 Å². The van der Waals surface area contributed by atoms with E-state index in [4.69, 9.17) is 10.5 Å². The van der Waals surface area contributed by atoms with Gasteiger partial charge in [0.2, 0.25) is 5.91 Å². The van der Waals surface area contributed by atoms with Gasteiger partial charge in [0.05, 0.1) is 17.4 Å². The van der Waals surface area contributed by atoms with Crippen LogP contribution in [-0.2, 0) is 9.53 Å². The molecule has 40 heavy (non-hydrogen) atoms. The van der Waals surface area contributed by atoms with Gasteiger partial charge in [0.25, 0.3) is 0 Å². The van der Waals surface area contributed by atoms with Gasteiger partial charge in [-0.25, -0.2) is 9.50 Å². The zero-order chi connectivity index (χ0) is 26.8. The molecule has 0 unspecified atom stereocenters. The minimum atomic E-state index is -0.279. The van der Waals surface area contributed by atoms with E-state index < -0.39 is 0 Å². The summed E-state index contributed by atoms with van der Waals surface area (Å²) in [6.45, 7) is 3.14. The van der Waals surface area contributed by atoms with Crippen LogP contribution in [0.15, 0.2) is 48.9 Å². The summed E-state index contributed by atoms with van der Waals surface area (Å²) in [6.07, 6.45) is 10.9. The van der Waals surface area contributed by atoms with Crippen LogP contribution in [0, 0.1) is 0 Å². The fourth-order valence-electron chi connectivity index (χ4n) is 7.04. The smallest absolute Gasteiger partial charge is 0.247 e. The monoisotopic (exact) mass is 538 g/mol. The number of anilines is 2. The lowest BCUT2D eigenvalue weighted by Crippen LogP contribution is -2.63. The quantitative estimate of drug-likeness (QED) is 0.410. The molecule has 2 N–H and O–H groups in total. The van der Waals surface area contributed by atoms with E-state index in [2.05, 4.69) is 49.0 Å². The number of ether oxygens (including phenoxy) is 1. The molecule has 2 saturated carbocycles. The number of nitrogen functional groups attached to an aromatic ring is 1. The largest absolute Gasteiger partial charge is 0.382 e. The van der Waals surface area contributed by atoms with Crippen molar-refractivity contribution in [3.05, 3.63) is 48.9 Å². The van der Waals surface area contributed by atoms with Gasteiger partial charge >= 0.3 is 0 Å². The summed E-state index contributed by atoms with van der Waals surface area (Å²) >= 11 is 0. The van der Waals surface area contributed by atoms with Crippen LogP contribution in [0.25, 0.3) is 28.0 Å². The minimum absolute atomic E-state index is 0.260. The van der Waals surface area contributed by atoms with Crippen LogP contribution in [-0.4, -0.2) is 73.1 Å². The van der Waals surface area contributed by atoms with Crippen molar-refractivity contribution in [1.82, 2.24) is 29.3 Å². The molecule has 4 aromatic rings. The number of carbonyl (C=O) groups is 1. The third-order valence-electron chi connectivity index (χ3n) is 9.52. The van der Waals surface area contributed by atoms with Gasteiger partial charge in [-0.1, -0.05) is 18.6 Å². The van der Waals surface area contributed by atoms with Gasteiger partial charge < -0.3 is 15.4 Å². The van der Waals surface area contributed by atoms with Gasteiger partial charge in [-0.05, 0) is 62.8 Å². The number of hydrogen-bond donors (Lipinski definition) is 1. The fourth-order valence-corrected chi connectivity index (χ4v) is 7.04. The molecule has 1 amide bonds. The van der Waals surface area contributed by atoms with Gasteiger partial charge in [-0.3, -0.25) is 14.4 Å². The van der Waals surface area contributed by atoms with Crippen molar-refractivity contribution in [2.45, 2.75) is 62.6 Å². The standard InChI is InChI=1S/C30H34N8O2/c31-28-27-24(25-7-12-33-37(25)22-8-15-40-16-9-22)18-26(38(27)34-19-32-28)20-3-1-6-23(17-20)35-13-14-36(21-4-2-5-21)30(10-11-30)29(35)39/h1,3,6-7,12,17-19,21-22H,2,4-5,8-11,13-16H2,(H2,31,32,34). The summed E-state index contributed by atoms with van der Waals surface area (Å²) in [5.41, 5.74) is 11.7. The van der Waals surface area contributed by atoms with Crippen molar-refractivity contribution in [3.8, 4) is 22.5 Å². The van der Waals surface area contributed by atoms with Gasteiger partial charge in [0, 0.05) is 55.4 Å². The number of rotatable bonds is 5. The summed E-state index contributed by atoms with van der Waals surface area (Å²) in [5, 5.41) is 9.30. The van der Waals surface area contributed by atoms with Crippen molar-refractivity contribution in [2.24, 2.45) is 0 Å². The molecule has 10 nitrogen and oxygen atoms in total. The van der Waals surface area contributed by atoms with Crippen molar-refractivity contribution in [3.63, 3.8) is 0 Å². The van der Waals surface area contributed by atoms with E-state index in [1.807, 2.05) is 27.7 Å². The third kappa shape index (κ3) is 3.62. The van der Waals surface area contributed by atoms with E-state index in [9.17, 15) is 4.79 Å². The Balaban J connectivity index is 1.18. The van der Waals surface area contributed by atoms with Gasteiger partial charge in [0.15, 0.2) is 5.82 Å². The molecule has 0 radical (unpaired) electrons. The summed E-state index contributed by atoms with van der Waals surface area (Å²) in [5.74, 6) is 0.681. The lowest BCUT2D eigenvalue weighted by Gasteiger charge is -2.48. The number of hydrogen-bond acceptors (Lipinski definition) is 7. The number of fused-ring (bicyclic) bond motifs is 1. The Kier molecular flexibility index (Phi) is 5.50. The lowest BCUT2D eigenvalue weighted by molar-refractivity contribution is -0.130. The zero-order valence-electron chi connectivity index (χ0n) is 22.6. The highest BCUT2D eigenvalue weighted by molar-refractivity contribution is 6.03. The second kappa shape index (κ2) is 9.14. The fraction of sp³-hybridized carbons (Fsp3) is 0.467. The molecular formula is C30H34N8O2. The van der Waals surface area contributed by atoms with Crippen LogP contribution < -0.4 is 10.6 Å². The van der Waals surface area contributed by atoms with E-state index in [0.717, 1.165) is 85.7 Å². The maximum atomic E-state index is 13.8. The van der Waals surface area contributed by atoms with E-state index in [-0.39, 0.29) is 17.5 Å². The second-order valence-electron chi connectivity index (χ2n) is 11.7.